The van der Waals surface area contributed by atoms with Crippen molar-refractivity contribution in [2.24, 2.45) is 5.14 Å². The average molecular weight is 299 g/mol. The Morgan fingerprint density at radius 2 is 2.00 bits per heavy atom. The molecular formula is C12H17N3O4S. The van der Waals surface area contributed by atoms with Gasteiger partial charge in [0.25, 0.3) is 0 Å². The summed E-state index contributed by atoms with van der Waals surface area (Å²) in [7, 11) is -3.73. The van der Waals surface area contributed by atoms with E-state index in [2.05, 4.69) is 5.32 Å². The number of primary sulfonamides is 1. The molecule has 1 unspecified atom stereocenters. The number of β-amino-alcohol motifs (C(OH)–C–C–N with tert-alkyl or cyclic N) is 1. The topological polar surface area (TPSA) is 113 Å². The molecule has 20 heavy (non-hydrogen) atoms. The third kappa shape index (κ3) is 3.69. The number of aliphatic hydroxyl groups is 1. The lowest BCUT2D eigenvalue weighted by Crippen LogP contribution is -2.44. The number of benzene rings is 1. The highest BCUT2D eigenvalue weighted by molar-refractivity contribution is 7.89. The van der Waals surface area contributed by atoms with Gasteiger partial charge in [-0.25, -0.2) is 18.4 Å². The van der Waals surface area contributed by atoms with Crippen LogP contribution in [0.2, 0.25) is 0 Å². The van der Waals surface area contributed by atoms with Crippen molar-refractivity contribution < 1.29 is 18.3 Å². The van der Waals surface area contributed by atoms with E-state index in [1.54, 1.807) is 0 Å². The first kappa shape index (κ1) is 14.8. The summed E-state index contributed by atoms with van der Waals surface area (Å²) in [6, 6.07) is 5.29. The van der Waals surface area contributed by atoms with Crippen molar-refractivity contribution in [1.29, 1.82) is 0 Å². The third-order valence-electron chi connectivity index (χ3n) is 3.12. The minimum absolute atomic E-state index is 0.0103. The first-order chi connectivity index (χ1) is 9.36. The molecule has 0 aromatic heterocycles. The minimum Gasteiger partial charge on any atom is -0.391 e. The molecule has 0 radical (unpaired) electrons. The fourth-order valence-electron chi connectivity index (χ4n) is 2.07. The summed E-state index contributed by atoms with van der Waals surface area (Å²) < 4.78 is 22.2. The number of urea groups is 1. The second-order valence-electron chi connectivity index (χ2n) is 4.74. The van der Waals surface area contributed by atoms with Crippen LogP contribution in [-0.2, 0) is 10.0 Å². The SMILES string of the molecule is NS(=O)(=O)c1ccc(NC(=O)N2CCCC(O)C2)cc1. The van der Waals surface area contributed by atoms with Crippen molar-refractivity contribution in [2.75, 3.05) is 18.4 Å². The monoisotopic (exact) mass is 299 g/mol. The fourth-order valence-corrected chi connectivity index (χ4v) is 2.59. The summed E-state index contributed by atoms with van der Waals surface area (Å²) in [6.45, 7) is 0.902. The Labute approximate surface area is 117 Å². The number of hydrogen-bond acceptors (Lipinski definition) is 4. The van der Waals surface area contributed by atoms with Crippen LogP contribution in [0.15, 0.2) is 29.2 Å². The number of anilines is 1. The standard InChI is InChI=1S/C12H17N3O4S/c13-20(18,19)11-5-3-9(4-6-11)14-12(17)15-7-1-2-10(16)8-15/h3-6,10,16H,1-2,7-8H2,(H,14,17)(H2,13,18,19). The number of sulfonamides is 1. The molecule has 0 aliphatic carbocycles. The molecule has 110 valence electrons. The van der Waals surface area contributed by atoms with Crippen molar-refractivity contribution in [3.05, 3.63) is 24.3 Å². The van der Waals surface area contributed by atoms with Crippen molar-refractivity contribution in [1.82, 2.24) is 4.90 Å². The summed E-state index contributed by atoms with van der Waals surface area (Å²) in [5.74, 6) is 0. The summed E-state index contributed by atoms with van der Waals surface area (Å²) in [5.41, 5.74) is 0.475. The maximum Gasteiger partial charge on any atom is 0.321 e. The molecular weight excluding hydrogens is 282 g/mol. The lowest BCUT2D eigenvalue weighted by atomic mass is 10.1. The molecule has 1 atom stereocenters. The number of carbonyl (C=O) groups excluding carboxylic acids is 1. The van der Waals surface area contributed by atoms with E-state index in [1.165, 1.54) is 29.2 Å². The van der Waals surface area contributed by atoms with Crippen LogP contribution in [0, 0.1) is 0 Å². The molecule has 1 heterocycles. The molecule has 1 fully saturated rings. The van der Waals surface area contributed by atoms with Crippen LogP contribution in [0.4, 0.5) is 10.5 Å². The van der Waals surface area contributed by atoms with Crippen molar-refractivity contribution in [2.45, 2.75) is 23.8 Å². The van der Waals surface area contributed by atoms with E-state index in [-0.39, 0.29) is 10.9 Å². The highest BCUT2D eigenvalue weighted by atomic mass is 32.2. The zero-order valence-corrected chi connectivity index (χ0v) is 11.6. The summed E-state index contributed by atoms with van der Waals surface area (Å²) >= 11 is 0. The third-order valence-corrected chi connectivity index (χ3v) is 4.05. The lowest BCUT2D eigenvalue weighted by Gasteiger charge is -2.30. The fraction of sp³-hybridized carbons (Fsp3) is 0.417. The first-order valence-corrected chi connectivity index (χ1v) is 7.78. The van der Waals surface area contributed by atoms with E-state index in [1.807, 2.05) is 0 Å². The van der Waals surface area contributed by atoms with Gasteiger partial charge in [-0.2, -0.15) is 0 Å². The maximum absolute atomic E-state index is 12.0. The molecule has 7 nitrogen and oxygen atoms in total. The average Bonchev–Trinajstić information content (AvgIpc) is 2.38. The number of amides is 2. The van der Waals surface area contributed by atoms with Crippen molar-refractivity contribution >= 4 is 21.7 Å². The smallest absolute Gasteiger partial charge is 0.321 e. The van der Waals surface area contributed by atoms with Crippen LogP contribution in [0.25, 0.3) is 0 Å². The van der Waals surface area contributed by atoms with Crippen LogP contribution in [0.3, 0.4) is 0 Å². The molecule has 4 N–H and O–H groups in total. The Balaban J connectivity index is 2.01. The van der Waals surface area contributed by atoms with Gasteiger partial charge in [-0.1, -0.05) is 0 Å². The molecule has 2 amide bonds. The van der Waals surface area contributed by atoms with E-state index in [9.17, 15) is 18.3 Å². The van der Waals surface area contributed by atoms with Crippen molar-refractivity contribution in [3.63, 3.8) is 0 Å². The van der Waals surface area contributed by atoms with Crippen molar-refractivity contribution in [3.8, 4) is 0 Å². The van der Waals surface area contributed by atoms with E-state index in [0.717, 1.165) is 6.42 Å². The number of aliphatic hydroxyl groups excluding tert-OH is 1. The van der Waals surface area contributed by atoms with Gasteiger partial charge in [-0.3, -0.25) is 0 Å². The van der Waals surface area contributed by atoms with E-state index in [0.29, 0.717) is 25.2 Å². The van der Waals surface area contributed by atoms with Crippen LogP contribution in [0.5, 0.6) is 0 Å². The predicted molar refractivity (Wildman–Crippen MR) is 73.6 cm³/mol. The van der Waals surface area contributed by atoms with Gasteiger partial charge in [-0.05, 0) is 37.1 Å². The summed E-state index contributed by atoms with van der Waals surface area (Å²) in [6.07, 6.45) is 0.977. The molecule has 1 aliphatic heterocycles. The van der Waals surface area contributed by atoms with Crippen LogP contribution < -0.4 is 10.5 Å². The second kappa shape index (κ2) is 5.78. The van der Waals surface area contributed by atoms with E-state index >= 15 is 0 Å². The number of piperidine rings is 1. The molecule has 1 aromatic carbocycles. The Kier molecular flexibility index (Phi) is 4.26. The Hall–Kier alpha value is -1.64. The number of likely N-dealkylation sites (tertiary alicyclic amines) is 1. The number of hydrogen-bond donors (Lipinski definition) is 3. The summed E-state index contributed by atoms with van der Waals surface area (Å²) in [4.78, 5) is 13.5. The normalized spacial score (nSPS) is 19.7. The van der Waals surface area contributed by atoms with Gasteiger partial charge < -0.3 is 15.3 Å². The molecule has 0 bridgehead atoms. The molecule has 8 heteroatoms. The number of nitrogens with one attached hydrogen (secondary N) is 1. The second-order valence-corrected chi connectivity index (χ2v) is 6.30. The number of carbonyl (C=O) groups is 1. The number of nitrogens with zero attached hydrogens (tertiary/aromatic N) is 1. The molecule has 1 aromatic rings. The van der Waals surface area contributed by atoms with Gasteiger partial charge in [-0.15, -0.1) is 0 Å². The molecule has 1 aliphatic rings. The van der Waals surface area contributed by atoms with Gasteiger partial charge in [0.15, 0.2) is 0 Å². The van der Waals surface area contributed by atoms with Gasteiger partial charge in [0.2, 0.25) is 10.0 Å². The highest BCUT2D eigenvalue weighted by Gasteiger charge is 2.22. The van der Waals surface area contributed by atoms with Crippen LogP contribution in [0.1, 0.15) is 12.8 Å². The predicted octanol–water partition coefficient (Wildman–Crippen LogP) is 0.323. The Morgan fingerprint density at radius 1 is 1.35 bits per heavy atom. The van der Waals surface area contributed by atoms with E-state index in [4.69, 9.17) is 5.14 Å². The van der Waals surface area contributed by atoms with Gasteiger partial charge in [0.1, 0.15) is 0 Å². The highest BCUT2D eigenvalue weighted by Crippen LogP contribution is 2.15. The zero-order chi connectivity index (χ0) is 14.8. The Bertz CT molecular complexity index is 585. The first-order valence-electron chi connectivity index (χ1n) is 6.23. The summed E-state index contributed by atoms with van der Waals surface area (Å²) in [5, 5.41) is 17.2. The van der Waals surface area contributed by atoms with E-state index < -0.39 is 16.1 Å². The maximum atomic E-state index is 12.0. The van der Waals surface area contributed by atoms with Crippen LogP contribution >= 0.6 is 0 Å². The van der Waals surface area contributed by atoms with Gasteiger partial charge in [0, 0.05) is 18.8 Å². The quantitative estimate of drug-likeness (QED) is 0.730. The Morgan fingerprint density at radius 3 is 2.55 bits per heavy atom. The largest absolute Gasteiger partial charge is 0.391 e. The molecule has 1 saturated heterocycles. The number of nitrogens with two attached hydrogens (primary N) is 1. The number of rotatable bonds is 2. The molecule has 0 spiro atoms. The molecule has 0 saturated carbocycles. The zero-order valence-electron chi connectivity index (χ0n) is 10.8. The van der Waals surface area contributed by atoms with Gasteiger partial charge >= 0.3 is 6.03 Å². The van der Waals surface area contributed by atoms with Gasteiger partial charge in [0.05, 0.1) is 11.0 Å². The minimum atomic E-state index is -3.73. The molecule has 2 rings (SSSR count). The van der Waals surface area contributed by atoms with Crippen LogP contribution in [-0.4, -0.2) is 43.6 Å². The lowest BCUT2D eigenvalue weighted by molar-refractivity contribution is 0.0883.